The summed E-state index contributed by atoms with van der Waals surface area (Å²) in [7, 11) is 0. The molecule has 0 bridgehead atoms. The van der Waals surface area contributed by atoms with E-state index in [1.165, 1.54) is 6.07 Å². The zero-order chi connectivity index (χ0) is 11.1. The van der Waals surface area contributed by atoms with Crippen molar-refractivity contribution < 1.29 is 0 Å². The minimum atomic E-state index is -0.0532. The van der Waals surface area contributed by atoms with E-state index in [0.717, 1.165) is 0 Å². The number of pyridine rings is 2. The lowest BCUT2D eigenvalue weighted by molar-refractivity contribution is 1.24. The molecule has 2 rings (SSSR count). The van der Waals surface area contributed by atoms with E-state index < -0.39 is 0 Å². The first-order valence-electron chi connectivity index (χ1n) is 4.20. The molecule has 78 valence electrons. The monoisotopic (exact) mass is 223 g/mol. The number of nitrogens with zero attached hydrogens (tertiary/aromatic N) is 1. The van der Waals surface area contributed by atoms with Gasteiger partial charge in [-0.3, -0.25) is 4.79 Å². The van der Waals surface area contributed by atoms with Crippen molar-refractivity contribution in [2.75, 3.05) is 5.73 Å². The maximum atomic E-state index is 10.2. The van der Waals surface area contributed by atoms with Crippen LogP contribution >= 0.6 is 11.6 Å². The number of nitrogens with one attached hydrogen (secondary N) is 1. The molecule has 5 heteroatoms. The van der Waals surface area contributed by atoms with Crippen LogP contribution in [0.5, 0.6) is 0 Å². The van der Waals surface area contributed by atoms with E-state index in [1.54, 1.807) is 36.5 Å². The number of hydrogen-bond acceptors (Lipinski definition) is 3. The Balaban J connectivity index is 0.000000151. The van der Waals surface area contributed by atoms with Crippen molar-refractivity contribution in [1.29, 1.82) is 0 Å². The minimum Gasteiger partial charge on any atom is -0.384 e. The van der Waals surface area contributed by atoms with Gasteiger partial charge in [-0.2, -0.15) is 0 Å². The van der Waals surface area contributed by atoms with Gasteiger partial charge in [-0.15, -0.1) is 0 Å². The van der Waals surface area contributed by atoms with Crippen LogP contribution in [-0.4, -0.2) is 9.97 Å². The normalized spacial score (nSPS) is 8.87. The third kappa shape index (κ3) is 4.83. The molecule has 15 heavy (non-hydrogen) atoms. The van der Waals surface area contributed by atoms with Crippen LogP contribution in [0.2, 0.25) is 5.15 Å². The number of aromatic amines is 1. The number of halogens is 1. The standard InChI is InChI=1S/C5H5ClN2.C5H5NO/c6-4-2-1-3-5(7)8-4;7-5-3-1-2-4-6-5/h1-3H,(H2,7,8);1-4H,(H,6,7). The summed E-state index contributed by atoms with van der Waals surface area (Å²) in [5.74, 6) is 0.456. The number of aromatic nitrogens is 2. The Bertz CT molecular complexity index is 435. The van der Waals surface area contributed by atoms with E-state index in [-0.39, 0.29) is 5.56 Å². The van der Waals surface area contributed by atoms with Gasteiger partial charge in [0.05, 0.1) is 0 Å². The van der Waals surface area contributed by atoms with Gasteiger partial charge < -0.3 is 10.7 Å². The SMILES string of the molecule is Nc1cccc(Cl)n1.O=c1cccc[nH]1. The topological polar surface area (TPSA) is 71.8 Å². The van der Waals surface area contributed by atoms with Crippen molar-refractivity contribution in [3.63, 3.8) is 0 Å². The number of nitrogen functional groups attached to an aromatic ring is 1. The zero-order valence-corrected chi connectivity index (χ0v) is 8.61. The van der Waals surface area contributed by atoms with Gasteiger partial charge in [0.25, 0.3) is 0 Å². The summed E-state index contributed by atoms with van der Waals surface area (Å²) in [6, 6.07) is 10.1. The predicted octanol–water partition coefficient (Wildman–Crippen LogP) is 1.69. The summed E-state index contributed by atoms with van der Waals surface area (Å²) >= 11 is 5.45. The highest BCUT2D eigenvalue weighted by molar-refractivity contribution is 6.29. The molecule has 0 aliphatic rings. The molecule has 2 aromatic heterocycles. The molecule has 0 saturated heterocycles. The average Bonchev–Trinajstić information content (AvgIpc) is 2.19. The lowest BCUT2D eigenvalue weighted by Crippen LogP contribution is -1.98. The van der Waals surface area contributed by atoms with Crippen LogP contribution in [0.1, 0.15) is 0 Å². The van der Waals surface area contributed by atoms with Gasteiger partial charge in [-0.1, -0.05) is 23.7 Å². The number of nitrogens with two attached hydrogens (primary N) is 1. The molecule has 0 aromatic carbocycles. The van der Waals surface area contributed by atoms with Crippen LogP contribution in [0.15, 0.2) is 47.4 Å². The highest BCUT2D eigenvalue weighted by Gasteiger charge is 1.84. The van der Waals surface area contributed by atoms with Crippen LogP contribution in [-0.2, 0) is 0 Å². The highest BCUT2D eigenvalue weighted by atomic mass is 35.5. The number of H-pyrrole nitrogens is 1. The molecule has 2 heterocycles. The molecular formula is C10H10ClN3O. The van der Waals surface area contributed by atoms with Crippen molar-refractivity contribution in [3.8, 4) is 0 Å². The van der Waals surface area contributed by atoms with Crippen LogP contribution in [0.4, 0.5) is 5.82 Å². The molecule has 0 saturated carbocycles. The Labute approximate surface area is 91.7 Å². The maximum Gasteiger partial charge on any atom is 0.247 e. The van der Waals surface area contributed by atoms with Crippen LogP contribution in [0.25, 0.3) is 0 Å². The summed E-state index contributed by atoms with van der Waals surface area (Å²) in [6.45, 7) is 0. The molecule has 3 N–H and O–H groups in total. The molecule has 0 amide bonds. The second kappa shape index (κ2) is 5.82. The molecule has 0 atom stereocenters. The van der Waals surface area contributed by atoms with Gasteiger partial charge >= 0.3 is 0 Å². The van der Waals surface area contributed by atoms with Crippen molar-refractivity contribution in [2.24, 2.45) is 0 Å². The van der Waals surface area contributed by atoms with Crippen LogP contribution < -0.4 is 11.3 Å². The first-order chi connectivity index (χ1) is 7.18. The lowest BCUT2D eigenvalue weighted by Gasteiger charge is -1.88. The fourth-order valence-electron chi connectivity index (χ4n) is 0.801. The maximum absolute atomic E-state index is 10.2. The lowest BCUT2D eigenvalue weighted by atomic mass is 10.5. The summed E-state index contributed by atoms with van der Waals surface area (Å²) in [6.07, 6.45) is 1.60. The van der Waals surface area contributed by atoms with E-state index in [2.05, 4.69) is 9.97 Å². The summed E-state index contributed by atoms with van der Waals surface area (Å²) in [4.78, 5) is 16.4. The van der Waals surface area contributed by atoms with Gasteiger partial charge in [-0.05, 0) is 18.2 Å². The molecule has 0 aliphatic heterocycles. The molecule has 0 unspecified atom stereocenters. The average molecular weight is 224 g/mol. The summed E-state index contributed by atoms with van der Waals surface area (Å²) in [5.41, 5.74) is 5.21. The minimum absolute atomic E-state index is 0.0532. The van der Waals surface area contributed by atoms with Crippen molar-refractivity contribution in [2.45, 2.75) is 0 Å². The smallest absolute Gasteiger partial charge is 0.247 e. The van der Waals surface area contributed by atoms with E-state index in [4.69, 9.17) is 17.3 Å². The number of anilines is 1. The first-order valence-corrected chi connectivity index (χ1v) is 4.58. The quantitative estimate of drug-likeness (QED) is 0.668. The summed E-state index contributed by atoms with van der Waals surface area (Å²) < 4.78 is 0. The van der Waals surface area contributed by atoms with Gasteiger partial charge in [-0.25, -0.2) is 4.98 Å². The molecule has 4 nitrogen and oxygen atoms in total. The van der Waals surface area contributed by atoms with Crippen molar-refractivity contribution in [3.05, 3.63) is 58.1 Å². The highest BCUT2D eigenvalue weighted by Crippen LogP contribution is 2.04. The fraction of sp³-hybridized carbons (Fsp3) is 0. The second-order valence-electron chi connectivity index (χ2n) is 2.61. The van der Waals surface area contributed by atoms with Crippen LogP contribution in [0.3, 0.4) is 0 Å². The fourth-order valence-corrected chi connectivity index (χ4v) is 0.971. The largest absolute Gasteiger partial charge is 0.384 e. The van der Waals surface area contributed by atoms with Gasteiger partial charge in [0.15, 0.2) is 0 Å². The molecule has 0 spiro atoms. The summed E-state index contributed by atoms with van der Waals surface area (Å²) in [5, 5.41) is 0.435. The Morgan fingerprint density at radius 2 is 2.00 bits per heavy atom. The van der Waals surface area contributed by atoms with E-state index >= 15 is 0 Å². The number of rotatable bonds is 0. The Hall–Kier alpha value is -1.81. The predicted molar refractivity (Wildman–Crippen MR) is 60.7 cm³/mol. The van der Waals surface area contributed by atoms with Gasteiger partial charge in [0.1, 0.15) is 11.0 Å². The van der Waals surface area contributed by atoms with Crippen molar-refractivity contribution >= 4 is 17.4 Å². The van der Waals surface area contributed by atoms with Gasteiger partial charge in [0.2, 0.25) is 5.56 Å². The van der Waals surface area contributed by atoms with Crippen LogP contribution in [0, 0.1) is 0 Å². The first kappa shape index (κ1) is 11.3. The Morgan fingerprint density at radius 3 is 2.33 bits per heavy atom. The molecule has 0 fully saturated rings. The van der Waals surface area contributed by atoms with E-state index in [0.29, 0.717) is 11.0 Å². The third-order valence-corrected chi connectivity index (χ3v) is 1.63. The third-order valence-electron chi connectivity index (χ3n) is 1.42. The molecule has 0 radical (unpaired) electrons. The zero-order valence-electron chi connectivity index (χ0n) is 7.85. The molecular weight excluding hydrogens is 214 g/mol. The van der Waals surface area contributed by atoms with Crippen molar-refractivity contribution in [1.82, 2.24) is 9.97 Å². The second-order valence-corrected chi connectivity index (χ2v) is 3.00. The Morgan fingerprint density at radius 1 is 1.20 bits per heavy atom. The van der Waals surface area contributed by atoms with E-state index in [1.807, 2.05) is 0 Å². The molecule has 2 aromatic rings. The number of hydrogen-bond donors (Lipinski definition) is 2. The van der Waals surface area contributed by atoms with Gasteiger partial charge in [0, 0.05) is 12.3 Å². The Kier molecular flexibility index (Phi) is 4.37. The van der Waals surface area contributed by atoms with E-state index in [9.17, 15) is 4.79 Å². The molecule has 0 aliphatic carbocycles.